The molecule has 0 aliphatic rings. The fraction of sp³-hybridized carbons (Fsp3) is 0.789. The Morgan fingerprint density at radius 2 is 1.96 bits per heavy atom. The molecule has 0 saturated heterocycles. The molecule has 0 aliphatic carbocycles. The van der Waals surface area contributed by atoms with E-state index in [1.807, 2.05) is 13.0 Å². The predicted molar refractivity (Wildman–Crippen MR) is 103 cm³/mol. The van der Waals surface area contributed by atoms with Crippen LogP contribution < -0.4 is 10.6 Å². The molecule has 0 spiro atoms. The second kappa shape index (κ2) is 11.9. The summed E-state index contributed by atoms with van der Waals surface area (Å²) in [5.41, 5.74) is 1.04. The van der Waals surface area contributed by atoms with Crippen molar-refractivity contribution >= 4 is 5.96 Å². The Kier molecular flexibility index (Phi) is 10.2. The number of nitrogens with zero attached hydrogens (tertiary/aromatic N) is 2. The summed E-state index contributed by atoms with van der Waals surface area (Å²) in [4.78, 5) is 4.26. The van der Waals surface area contributed by atoms with Gasteiger partial charge in [-0.2, -0.15) is 0 Å². The van der Waals surface area contributed by atoms with Crippen LogP contribution in [0.15, 0.2) is 15.6 Å². The van der Waals surface area contributed by atoms with E-state index in [-0.39, 0.29) is 6.10 Å². The Labute approximate surface area is 152 Å². The molecule has 1 unspecified atom stereocenters. The van der Waals surface area contributed by atoms with Crippen LogP contribution in [0, 0.1) is 5.92 Å². The highest BCUT2D eigenvalue weighted by Gasteiger charge is 2.14. The summed E-state index contributed by atoms with van der Waals surface area (Å²) in [6, 6.07) is 2.04. The van der Waals surface area contributed by atoms with E-state index in [1.165, 1.54) is 0 Å². The van der Waals surface area contributed by atoms with Crippen molar-refractivity contribution in [2.45, 2.75) is 72.4 Å². The molecule has 1 heterocycles. The highest BCUT2D eigenvalue weighted by atomic mass is 16.5. The number of aliphatic imine (C=N–C) groups is 1. The third-order valence-electron chi connectivity index (χ3n) is 4.48. The maximum atomic E-state index is 5.77. The third-order valence-corrected chi connectivity index (χ3v) is 4.48. The van der Waals surface area contributed by atoms with Gasteiger partial charge in [0.15, 0.2) is 11.7 Å². The first kappa shape index (κ1) is 21.5. The van der Waals surface area contributed by atoms with Gasteiger partial charge in [0.1, 0.15) is 0 Å². The number of hydrogen-bond acceptors (Lipinski definition) is 4. The van der Waals surface area contributed by atoms with Crippen LogP contribution in [0.5, 0.6) is 0 Å². The number of aromatic nitrogens is 1. The molecule has 0 amide bonds. The number of guanidine groups is 1. The molecular formula is C19H36N4O2. The first-order valence-electron chi connectivity index (χ1n) is 9.57. The lowest BCUT2D eigenvalue weighted by atomic mass is 9.99. The number of hydrogen-bond donors (Lipinski definition) is 2. The molecule has 1 aromatic rings. The van der Waals surface area contributed by atoms with Crippen molar-refractivity contribution in [3.63, 3.8) is 0 Å². The van der Waals surface area contributed by atoms with Crippen LogP contribution in [0.4, 0.5) is 0 Å². The summed E-state index contributed by atoms with van der Waals surface area (Å²) in [5.74, 6) is 2.58. The zero-order chi connectivity index (χ0) is 18.7. The standard InChI is InChI=1S/C19H36N4O2/c1-7-15(8-2)17-12-16(25-23-17)13-22-19(20-6)21-11-10-18(14(4)5)24-9-3/h12,14-15,18H,7-11,13H2,1-6H3,(H2,20,21,22). The van der Waals surface area contributed by atoms with E-state index in [9.17, 15) is 0 Å². The second-order valence-electron chi connectivity index (χ2n) is 6.61. The van der Waals surface area contributed by atoms with E-state index in [2.05, 4.69) is 48.5 Å². The van der Waals surface area contributed by atoms with Gasteiger partial charge in [-0.05, 0) is 32.1 Å². The van der Waals surface area contributed by atoms with Crippen molar-refractivity contribution in [3.05, 3.63) is 17.5 Å². The quantitative estimate of drug-likeness (QED) is 0.469. The van der Waals surface area contributed by atoms with Gasteiger partial charge in [0.2, 0.25) is 0 Å². The van der Waals surface area contributed by atoms with E-state index < -0.39 is 0 Å². The van der Waals surface area contributed by atoms with Gasteiger partial charge in [0.25, 0.3) is 0 Å². The second-order valence-corrected chi connectivity index (χ2v) is 6.61. The Morgan fingerprint density at radius 3 is 2.52 bits per heavy atom. The summed E-state index contributed by atoms with van der Waals surface area (Å²) in [7, 11) is 1.77. The fourth-order valence-corrected chi connectivity index (χ4v) is 2.86. The zero-order valence-corrected chi connectivity index (χ0v) is 16.8. The monoisotopic (exact) mass is 352 g/mol. The molecule has 1 aromatic heterocycles. The summed E-state index contributed by atoms with van der Waals surface area (Å²) in [6.07, 6.45) is 3.38. The lowest BCUT2D eigenvalue weighted by Crippen LogP contribution is -2.38. The van der Waals surface area contributed by atoms with Crippen molar-refractivity contribution in [2.75, 3.05) is 20.2 Å². The van der Waals surface area contributed by atoms with Crippen molar-refractivity contribution in [1.82, 2.24) is 15.8 Å². The Hall–Kier alpha value is -1.56. The van der Waals surface area contributed by atoms with Crippen molar-refractivity contribution in [1.29, 1.82) is 0 Å². The van der Waals surface area contributed by atoms with Crippen LogP contribution >= 0.6 is 0 Å². The van der Waals surface area contributed by atoms with Gasteiger partial charge in [-0.1, -0.05) is 32.9 Å². The predicted octanol–water partition coefficient (Wildman–Crippen LogP) is 3.69. The van der Waals surface area contributed by atoms with Gasteiger partial charge >= 0.3 is 0 Å². The molecule has 6 heteroatoms. The normalized spacial score (nSPS) is 13.5. The SMILES string of the molecule is CCOC(CCNC(=NC)NCc1cc(C(CC)CC)no1)C(C)C. The summed E-state index contributed by atoms with van der Waals surface area (Å²) in [6.45, 7) is 12.9. The minimum atomic E-state index is 0.271. The molecule has 1 atom stereocenters. The van der Waals surface area contributed by atoms with Gasteiger partial charge in [-0.25, -0.2) is 0 Å². The maximum absolute atomic E-state index is 5.77. The molecule has 144 valence electrons. The first-order chi connectivity index (χ1) is 12.0. The third kappa shape index (κ3) is 7.46. The minimum Gasteiger partial charge on any atom is -0.378 e. The highest BCUT2D eigenvalue weighted by molar-refractivity contribution is 5.79. The molecule has 6 nitrogen and oxygen atoms in total. The van der Waals surface area contributed by atoms with Gasteiger partial charge in [0, 0.05) is 32.2 Å². The molecule has 0 aliphatic heterocycles. The van der Waals surface area contributed by atoms with Crippen molar-refractivity contribution in [2.24, 2.45) is 10.9 Å². The van der Waals surface area contributed by atoms with Crippen LogP contribution in [0.1, 0.15) is 71.3 Å². The van der Waals surface area contributed by atoms with Gasteiger partial charge in [-0.3, -0.25) is 4.99 Å². The van der Waals surface area contributed by atoms with Crippen LogP contribution in [0.25, 0.3) is 0 Å². The lowest BCUT2D eigenvalue weighted by molar-refractivity contribution is 0.0258. The largest absolute Gasteiger partial charge is 0.378 e. The summed E-state index contributed by atoms with van der Waals surface area (Å²) >= 11 is 0. The van der Waals surface area contributed by atoms with E-state index >= 15 is 0 Å². The van der Waals surface area contributed by atoms with E-state index in [0.717, 1.165) is 49.8 Å². The molecule has 2 N–H and O–H groups in total. The van der Waals surface area contributed by atoms with Gasteiger partial charge in [-0.15, -0.1) is 0 Å². The molecule has 0 aromatic carbocycles. The molecule has 0 bridgehead atoms. The van der Waals surface area contributed by atoms with Crippen LogP contribution in [0.3, 0.4) is 0 Å². The Balaban J connectivity index is 2.42. The number of ether oxygens (including phenoxy) is 1. The van der Waals surface area contributed by atoms with E-state index in [4.69, 9.17) is 9.26 Å². The molecule has 0 saturated carbocycles. The fourth-order valence-electron chi connectivity index (χ4n) is 2.86. The van der Waals surface area contributed by atoms with Crippen LogP contribution in [0.2, 0.25) is 0 Å². The molecular weight excluding hydrogens is 316 g/mol. The van der Waals surface area contributed by atoms with E-state index in [0.29, 0.717) is 18.4 Å². The topological polar surface area (TPSA) is 71.7 Å². The summed E-state index contributed by atoms with van der Waals surface area (Å²) in [5, 5.41) is 10.8. The molecule has 0 fully saturated rings. The van der Waals surface area contributed by atoms with Gasteiger partial charge < -0.3 is 19.9 Å². The number of rotatable bonds is 11. The zero-order valence-electron chi connectivity index (χ0n) is 16.8. The van der Waals surface area contributed by atoms with Crippen LogP contribution in [-0.4, -0.2) is 37.4 Å². The molecule has 25 heavy (non-hydrogen) atoms. The highest BCUT2D eigenvalue weighted by Crippen LogP contribution is 2.22. The molecule has 1 rings (SSSR count). The number of nitrogens with one attached hydrogen (secondary N) is 2. The van der Waals surface area contributed by atoms with Crippen LogP contribution in [-0.2, 0) is 11.3 Å². The Morgan fingerprint density at radius 1 is 1.24 bits per heavy atom. The first-order valence-corrected chi connectivity index (χ1v) is 9.57. The Bertz CT molecular complexity index is 495. The molecule has 0 radical (unpaired) electrons. The lowest BCUT2D eigenvalue weighted by Gasteiger charge is -2.21. The van der Waals surface area contributed by atoms with Crippen molar-refractivity contribution in [3.8, 4) is 0 Å². The van der Waals surface area contributed by atoms with E-state index in [1.54, 1.807) is 7.05 Å². The average molecular weight is 353 g/mol. The smallest absolute Gasteiger partial charge is 0.191 e. The van der Waals surface area contributed by atoms with Gasteiger partial charge in [0.05, 0.1) is 18.3 Å². The summed E-state index contributed by atoms with van der Waals surface area (Å²) < 4.78 is 11.2. The van der Waals surface area contributed by atoms with Crippen molar-refractivity contribution < 1.29 is 9.26 Å². The maximum Gasteiger partial charge on any atom is 0.191 e. The minimum absolute atomic E-state index is 0.271. The average Bonchev–Trinajstić information content (AvgIpc) is 3.06.